The number of hydrogen-bond acceptors (Lipinski definition) is 6. The summed E-state index contributed by atoms with van der Waals surface area (Å²) < 4.78 is 0. The molecule has 2 N–H and O–H groups in total. The van der Waals surface area contributed by atoms with E-state index in [1.807, 2.05) is 12.1 Å². The molecule has 3 aromatic rings. The van der Waals surface area contributed by atoms with Gasteiger partial charge in [-0.25, -0.2) is 0 Å². The molecular weight excluding hydrogens is 350 g/mol. The molecule has 7 nitrogen and oxygen atoms in total. The minimum absolute atomic E-state index is 0. The second-order valence-electron chi connectivity index (χ2n) is 4.78. The zero-order valence-electron chi connectivity index (χ0n) is 12.2. The molecule has 0 aliphatic carbocycles. The number of rotatable bonds is 3. The molecule has 0 aliphatic rings. The monoisotopic (exact) mass is 361 g/mol. The quantitative estimate of drug-likeness (QED) is 0.404. The molecule has 3 aromatic carbocycles. The number of azo groups is 1. The average Bonchev–Trinajstić information content (AvgIpc) is 2.55. The maximum atomic E-state index is 10.8. The van der Waals surface area contributed by atoms with Crippen molar-refractivity contribution in [2.75, 3.05) is 0 Å². The van der Waals surface area contributed by atoms with E-state index in [-0.39, 0.29) is 45.9 Å². The van der Waals surface area contributed by atoms with E-state index in [4.69, 9.17) is 0 Å². The molecule has 118 valence electrons. The zero-order chi connectivity index (χ0) is 16.4. The van der Waals surface area contributed by atoms with Gasteiger partial charge in [-0.3, -0.25) is 10.1 Å². The van der Waals surface area contributed by atoms with Crippen molar-refractivity contribution in [1.82, 2.24) is 0 Å². The Morgan fingerprint density at radius 3 is 2.38 bits per heavy atom. The third-order valence-electron chi connectivity index (χ3n) is 3.31. The van der Waals surface area contributed by atoms with Crippen molar-refractivity contribution >= 4 is 27.8 Å². The van der Waals surface area contributed by atoms with Crippen molar-refractivity contribution in [2.24, 2.45) is 10.2 Å². The molecule has 3 rings (SSSR count). The number of phenolic OH excluding ortho intramolecular Hbond substituents is 2. The van der Waals surface area contributed by atoms with Crippen molar-refractivity contribution in [3.63, 3.8) is 0 Å². The van der Waals surface area contributed by atoms with Crippen LogP contribution in [-0.4, -0.2) is 15.1 Å². The van der Waals surface area contributed by atoms with Crippen LogP contribution in [0.3, 0.4) is 0 Å². The first kappa shape index (κ1) is 17.4. The van der Waals surface area contributed by atoms with Gasteiger partial charge >= 0.3 is 17.4 Å². The van der Waals surface area contributed by atoms with Crippen molar-refractivity contribution in [3.8, 4) is 11.5 Å². The van der Waals surface area contributed by atoms with Crippen LogP contribution in [0.1, 0.15) is 0 Å². The Morgan fingerprint density at radius 2 is 1.62 bits per heavy atom. The molecule has 8 heteroatoms. The first-order valence-corrected chi connectivity index (χ1v) is 6.66. The van der Waals surface area contributed by atoms with E-state index in [9.17, 15) is 20.3 Å². The molecule has 0 spiro atoms. The Labute approximate surface area is 147 Å². The first-order chi connectivity index (χ1) is 11.1. The van der Waals surface area contributed by atoms with Crippen molar-refractivity contribution < 1.29 is 32.5 Å². The number of nitrogens with zero attached hydrogens (tertiary/aromatic N) is 3. The molecule has 0 aromatic heterocycles. The molecule has 0 aliphatic heterocycles. The first-order valence-electron chi connectivity index (χ1n) is 6.66. The summed E-state index contributed by atoms with van der Waals surface area (Å²) in [5.41, 5.74) is -0.0283. The largest absolute Gasteiger partial charge is 2.00 e. The summed E-state index contributed by atoms with van der Waals surface area (Å²) in [6, 6.07) is 14.0. The summed E-state index contributed by atoms with van der Waals surface area (Å²) in [5.74, 6) is -0.309. The molecular formula is C16H11CrN3O4+2. The van der Waals surface area contributed by atoms with Gasteiger partial charge in [-0.1, -0.05) is 30.3 Å². The van der Waals surface area contributed by atoms with Crippen LogP contribution in [0.4, 0.5) is 17.1 Å². The molecule has 0 fully saturated rings. The fraction of sp³-hybridized carbons (Fsp3) is 0. The third kappa shape index (κ3) is 3.35. The Bertz CT molecular complexity index is 944. The average molecular weight is 361 g/mol. The molecule has 0 bridgehead atoms. The summed E-state index contributed by atoms with van der Waals surface area (Å²) >= 11 is 0. The van der Waals surface area contributed by atoms with E-state index in [1.54, 1.807) is 18.2 Å². The standard InChI is InChI=1S/C16H11N3O4.Cr/c20-14-8-6-11(19(22)23)9-13(14)17-18-16-12-4-2-1-3-10(12)5-7-15(16)21;/h1-9,20-21H;/q;+2. The fourth-order valence-electron chi connectivity index (χ4n) is 2.16. The van der Waals surface area contributed by atoms with E-state index in [1.165, 1.54) is 18.2 Å². The van der Waals surface area contributed by atoms with E-state index < -0.39 is 4.92 Å². The molecule has 0 saturated heterocycles. The van der Waals surface area contributed by atoms with Gasteiger partial charge in [0.15, 0.2) is 0 Å². The van der Waals surface area contributed by atoms with Gasteiger partial charge in [0, 0.05) is 17.5 Å². The smallest absolute Gasteiger partial charge is 0.506 e. The van der Waals surface area contributed by atoms with Gasteiger partial charge in [0.05, 0.1) is 4.92 Å². The van der Waals surface area contributed by atoms with Gasteiger partial charge in [-0.2, -0.15) is 0 Å². The second kappa shape index (κ2) is 7.09. The predicted octanol–water partition coefficient (Wildman–Crippen LogP) is 4.57. The summed E-state index contributed by atoms with van der Waals surface area (Å²) in [6.45, 7) is 0. The molecule has 0 heterocycles. The maximum absolute atomic E-state index is 10.8. The molecule has 0 atom stereocenters. The second-order valence-corrected chi connectivity index (χ2v) is 4.78. The van der Waals surface area contributed by atoms with Gasteiger partial charge in [0.2, 0.25) is 0 Å². The van der Waals surface area contributed by atoms with Crippen LogP contribution in [0.2, 0.25) is 0 Å². The van der Waals surface area contributed by atoms with E-state index in [0.29, 0.717) is 5.39 Å². The van der Waals surface area contributed by atoms with Crippen LogP contribution < -0.4 is 0 Å². The van der Waals surface area contributed by atoms with Gasteiger partial charge in [-0.05, 0) is 17.5 Å². The van der Waals surface area contributed by atoms with Gasteiger partial charge in [0.25, 0.3) is 5.69 Å². The number of aromatic hydroxyl groups is 2. The van der Waals surface area contributed by atoms with E-state index in [2.05, 4.69) is 10.2 Å². The van der Waals surface area contributed by atoms with Crippen LogP contribution in [0.25, 0.3) is 10.8 Å². The number of benzene rings is 3. The van der Waals surface area contributed by atoms with Crippen LogP contribution in [-0.2, 0) is 17.4 Å². The summed E-state index contributed by atoms with van der Waals surface area (Å²) in [6.07, 6.45) is 0. The summed E-state index contributed by atoms with van der Waals surface area (Å²) in [5, 5.41) is 39.8. The molecule has 0 saturated carbocycles. The number of nitro groups is 1. The summed E-state index contributed by atoms with van der Waals surface area (Å²) in [7, 11) is 0. The number of nitro benzene ring substituents is 1. The Balaban J connectivity index is 0.00000208. The van der Waals surface area contributed by atoms with Crippen LogP contribution in [0.15, 0.2) is 64.8 Å². The maximum Gasteiger partial charge on any atom is 2.00 e. The number of non-ortho nitro benzene ring substituents is 1. The normalized spacial score (nSPS) is 10.7. The SMILES string of the molecule is O=[N+]([O-])c1ccc(O)c(N=Nc2c(O)ccc3ccccc23)c1.[Cr+2]. The Morgan fingerprint density at radius 1 is 0.917 bits per heavy atom. The number of fused-ring (bicyclic) bond motifs is 1. The van der Waals surface area contributed by atoms with E-state index >= 15 is 0 Å². The van der Waals surface area contributed by atoms with Gasteiger partial charge < -0.3 is 10.2 Å². The van der Waals surface area contributed by atoms with E-state index in [0.717, 1.165) is 11.5 Å². The topological polar surface area (TPSA) is 108 Å². The predicted molar refractivity (Wildman–Crippen MR) is 84.6 cm³/mol. The Kier molecular flexibility index (Phi) is 5.14. The fourth-order valence-corrected chi connectivity index (χ4v) is 2.16. The van der Waals surface area contributed by atoms with Crippen LogP contribution >= 0.6 is 0 Å². The molecule has 0 radical (unpaired) electrons. The minimum atomic E-state index is -0.589. The third-order valence-corrected chi connectivity index (χ3v) is 3.31. The summed E-state index contributed by atoms with van der Waals surface area (Å²) in [4.78, 5) is 10.2. The Hall–Kier alpha value is -2.95. The van der Waals surface area contributed by atoms with Crippen molar-refractivity contribution in [3.05, 3.63) is 64.7 Å². The van der Waals surface area contributed by atoms with Gasteiger partial charge in [0.1, 0.15) is 22.9 Å². The van der Waals surface area contributed by atoms with Gasteiger partial charge in [-0.15, -0.1) is 10.2 Å². The molecule has 0 amide bonds. The van der Waals surface area contributed by atoms with Crippen molar-refractivity contribution in [1.29, 1.82) is 0 Å². The van der Waals surface area contributed by atoms with Crippen LogP contribution in [0.5, 0.6) is 11.5 Å². The molecule has 0 unspecified atom stereocenters. The zero-order valence-corrected chi connectivity index (χ0v) is 13.4. The molecule has 24 heavy (non-hydrogen) atoms. The number of hydrogen-bond donors (Lipinski definition) is 2. The number of phenols is 2. The minimum Gasteiger partial charge on any atom is -0.506 e. The van der Waals surface area contributed by atoms with Crippen molar-refractivity contribution in [2.45, 2.75) is 0 Å². The van der Waals surface area contributed by atoms with Crippen LogP contribution in [0, 0.1) is 10.1 Å².